The molecule has 32 heavy (non-hydrogen) atoms. The van der Waals surface area contributed by atoms with Gasteiger partial charge in [-0.05, 0) is 25.0 Å². The lowest BCUT2D eigenvalue weighted by Gasteiger charge is -2.27. The number of amides is 6. The fraction of sp³-hybridized carbons (Fsp3) is 0.333. The number of urea groups is 2. The second-order valence-corrected chi connectivity index (χ2v) is 7.74. The van der Waals surface area contributed by atoms with Gasteiger partial charge in [-0.25, -0.2) is 9.59 Å². The summed E-state index contributed by atoms with van der Waals surface area (Å²) in [7, 11) is 0. The van der Waals surface area contributed by atoms with E-state index in [2.05, 4.69) is 0 Å². The van der Waals surface area contributed by atoms with E-state index in [4.69, 9.17) is 0 Å². The number of benzene rings is 2. The van der Waals surface area contributed by atoms with Crippen molar-refractivity contribution in [2.45, 2.75) is 25.9 Å². The molecule has 2 aliphatic heterocycles. The summed E-state index contributed by atoms with van der Waals surface area (Å²) >= 11 is 0. The van der Waals surface area contributed by atoms with Gasteiger partial charge in [-0.15, -0.1) is 0 Å². The molecule has 8 nitrogen and oxygen atoms in total. The van der Waals surface area contributed by atoms with Crippen LogP contribution in [0.3, 0.4) is 0 Å². The van der Waals surface area contributed by atoms with Gasteiger partial charge in [0.15, 0.2) is 0 Å². The van der Waals surface area contributed by atoms with Gasteiger partial charge >= 0.3 is 12.1 Å². The van der Waals surface area contributed by atoms with E-state index in [1.807, 2.05) is 60.7 Å². The lowest BCUT2D eigenvalue weighted by Crippen LogP contribution is -2.41. The van der Waals surface area contributed by atoms with Crippen LogP contribution in [-0.4, -0.2) is 69.7 Å². The second kappa shape index (κ2) is 8.82. The number of likely N-dealkylation sites (N-methyl/N-ethyl adjacent to an activating group) is 2. The Bertz CT molecular complexity index is 943. The summed E-state index contributed by atoms with van der Waals surface area (Å²) in [6, 6.07) is 16.0. The summed E-state index contributed by atoms with van der Waals surface area (Å²) in [4.78, 5) is 57.4. The fourth-order valence-electron chi connectivity index (χ4n) is 4.44. The first-order valence-electron chi connectivity index (χ1n) is 10.8. The summed E-state index contributed by atoms with van der Waals surface area (Å²) in [5.74, 6) is -0.551. The smallest absolute Gasteiger partial charge is 0.306 e. The van der Waals surface area contributed by atoms with Crippen molar-refractivity contribution in [1.29, 1.82) is 0 Å². The molecule has 166 valence electrons. The molecule has 0 bridgehead atoms. The molecule has 6 amide bonds. The van der Waals surface area contributed by atoms with E-state index < -0.39 is 12.1 Å². The highest BCUT2D eigenvalue weighted by molar-refractivity contribution is 6.05. The Labute approximate surface area is 187 Å². The maximum absolute atomic E-state index is 13.0. The molecule has 2 fully saturated rings. The van der Waals surface area contributed by atoms with Crippen LogP contribution in [0.25, 0.3) is 0 Å². The molecule has 2 unspecified atom stereocenters. The van der Waals surface area contributed by atoms with Gasteiger partial charge in [0.1, 0.15) is 12.1 Å². The number of imide groups is 2. The lowest BCUT2D eigenvalue weighted by atomic mass is 10.1. The first-order chi connectivity index (χ1) is 15.5. The Kier molecular flexibility index (Phi) is 5.94. The zero-order valence-corrected chi connectivity index (χ0v) is 18.2. The molecule has 2 aliphatic rings. The Hall–Kier alpha value is -3.68. The number of hydrogen-bond donors (Lipinski definition) is 0. The van der Waals surface area contributed by atoms with Gasteiger partial charge in [-0.2, -0.15) is 0 Å². The fourth-order valence-corrected chi connectivity index (χ4v) is 4.44. The molecule has 2 aromatic carbocycles. The van der Waals surface area contributed by atoms with Crippen LogP contribution in [-0.2, 0) is 9.59 Å². The number of hydrogen-bond acceptors (Lipinski definition) is 4. The van der Waals surface area contributed by atoms with Gasteiger partial charge in [0.05, 0.1) is 0 Å². The lowest BCUT2D eigenvalue weighted by molar-refractivity contribution is -0.129. The Morgan fingerprint density at radius 3 is 1.25 bits per heavy atom. The van der Waals surface area contributed by atoms with Crippen LogP contribution in [0.4, 0.5) is 9.59 Å². The minimum atomic E-state index is -0.741. The first kappa shape index (κ1) is 21.5. The van der Waals surface area contributed by atoms with Gasteiger partial charge in [0.25, 0.3) is 11.8 Å². The van der Waals surface area contributed by atoms with Crippen LogP contribution in [0.5, 0.6) is 0 Å². The van der Waals surface area contributed by atoms with Crippen molar-refractivity contribution in [3.05, 3.63) is 71.8 Å². The SMILES string of the molecule is CCN1C(=O)C(c2ccccc2)N(CCN2C(=O)N(CC)C(=O)C2c2ccccc2)C1=O. The van der Waals surface area contributed by atoms with Crippen molar-refractivity contribution in [3.63, 3.8) is 0 Å². The second-order valence-electron chi connectivity index (χ2n) is 7.74. The molecular formula is C24H26N4O4. The number of carbonyl (C=O) groups is 4. The first-order valence-corrected chi connectivity index (χ1v) is 10.8. The summed E-state index contributed by atoms with van der Waals surface area (Å²) in [5, 5.41) is 0. The van der Waals surface area contributed by atoms with Gasteiger partial charge in [-0.1, -0.05) is 60.7 Å². The molecule has 2 heterocycles. The molecule has 0 radical (unpaired) electrons. The molecule has 2 saturated heterocycles. The Morgan fingerprint density at radius 1 is 0.594 bits per heavy atom. The van der Waals surface area contributed by atoms with E-state index in [1.54, 1.807) is 13.8 Å². The molecule has 0 spiro atoms. The molecule has 4 rings (SSSR count). The van der Waals surface area contributed by atoms with E-state index in [1.165, 1.54) is 19.6 Å². The summed E-state index contributed by atoms with van der Waals surface area (Å²) in [6.07, 6.45) is 0. The zero-order valence-electron chi connectivity index (χ0n) is 18.2. The van der Waals surface area contributed by atoms with Gasteiger partial charge in [0, 0.05) is 26.2 Å². The number of rotatable bonds is 7. The van der Waals surface area contributed by atoms with Crippen LogP contribution >= 0.6 is 0 Å². The molecule has 0 saturated carbocycles. The molecule has 0 N–H and O–H groups in total. The van der Waals surface area contributed by atoms with Gasteiger partial charge < -0.3 is 9.80 Å². The van der Waals surface area contributed by atoms with Crippen LogP contribution in [0, 0.1) is 0 Å². The standard InChI is InChI=1S/C24H26N4O4/c1-3-25-21(29)19(17-11-7-5-8-12-17)27(23(25)31)15-16-28-20(18-13-9-6-10-14-18)22(30)26(4-2)24(28)32/h5-14,19-20H,3-4,15-16H2,1-2H3. The summed E-state index contributed by atoms with van der Waals surface area (Å²) < 4.78 is 0. The van der Waals surface area contributed by atoms with Gasteiger partial charge in [-0.3, -0.25) is 19.4 Å². The Balaban J connectivity index is 1.62. The molecule has 2 atom stereocenters. The van der Waals surface area contributed by atoms with Crippen molar-refractivity contribution in [3.8, 4) is 0 Å². The van der Waals surface area contributed by atoms with E-state index in [0.29, 0.717) is 0 Å². The van der Waals surface area contributed by atoms with Crippen LogP contribution in [0.1, 0.15) is 37.1 Å². The van der Waals surface area contributed by atoms with E-state index in [0.717, 1.165) is 11.1 Å². The molecule has 8 heteroatoms. The van der Waals surface area contributed by atoms with Crippen LogP contribution < -0.4 is 0 Å². The average molecular weight is 434 g/mol. The predicted molar refractivity (Wildman–Crippen MR) is 117 cm³/mol. The monoisotopic (exact) mass is 434 g/mol. The van der Waals surface area contributed by atoms with Crippen molar-refractivity contribution < 1.29 is 19.2 Å². The molecule has 0 aromatic heterocycles. The van der Waals surface area contributed by atoms with Crippen molar-refractivity contribution >= 4 is 23.9 Å². The summed E-state index contributed by atoms with van der Waals surface area (Å²) in [6.45, 7) is 4.34. The van der Waals surface area contributed by atoms with Gasteiger partial charge in [0.2, 0.25) is 0 Å². The molecule has 2 aromatic rings. The maximum atomic E-state index is 13.0. The predicted octanol–water partition coefficient (Wildman–Crippen LogP) is 3.04. The zero-order chi connectivity index (χ0) is 22.8. The highest BCUT2D eigenvalue weighted by Crippen LogP contribution is 2.33. The number of carbonyl (C=O) groups excluding carboxylic acids is 4. The minimum Gasteiger partial charge on any atom is -0.306 e. The maximum Gasteiger partial charge on any atom is 0.327 e. The average Bonchev–Trinajstić information content (AvgIpc) is 3.20. The normalized spacial score (nSPS) is 21.3. The summed E-state index contributed by atoms with van der Waals surface area (Å²) in [5.41, 5.74) is 1.45. The minimum absolute atomic E-state index is 0.139. The van der Waals surface area contributed by atoms with Crippen molar-refractivity contribution in [1.82, 2.24) is 19.6 Å². The highest BCUT2D eigenvalue weighted by Gasteiger charge is 2.48. The molecular weight excluding hydrogens is 408 g/mol. The van der Waals surface area contributed by atoms with Crippen LogP contribution in [0.15, 0.2) is 60.7 Å². The topological polar surface area (TPSA) is 81.2 Å². The number of nitrogens with zero attached hydrogens (tertiary/aromatic N) is 4. The quantitative estimate of drug-likeness (QED) is 0.628. The highest BCUT2D eigenvalue weighted by atomic mass is 16.2. The van der Waals surface area contributed by atoms with E-state index >= 15 is 0 Å². The van der Waals surface area contributed by atoms with Crippen molar-refractivity contribution in [2.24, 2.45) is 0 Å². The third-order valence-corrected chi connectivity index (χ3v) is 6.02. The molecule has 0 aliphatic carbocycles. The van der Waals surface area contributed by atoms with Crippen molar-refractivity contribution in [2.75, 3.05) is 26.2 Å². The van der Waals surface area contributed by atoms with E-state index in [9.17, 15) is 19.2 Å². The third kappa shape index (κ3) is 3.51. The van der Waals surface area contributed by atoms with E-state index in [-0.39, 0.29) is 50.1 Å². The third-order valence-electron chi connectivity index (χ3n) is 6.02. The Morgan fingerprint density at radius 2 is 0.938 bits per heavy atom. The van der Waals surface area contributed by atoms with Crippen LogP contribution in [0.2, 0.25) is 0 Å². The largest absolute Gasteiger partial charge is 0.327 e.